The van der Waals surface area contributed by atoms with Crippen LogP contribution in [0.25, 0.3) is 0 Å². The van der Waals surface area contributed by atoms with Crippen LogP contribution in [0.3, 0.4) is 0 Å². The topological polar surface area (TPSA) is 29.3 Å². The van der Waals surface area contributed by atoms with Gasteiger partial charge >= 0.3 is 0 Å². The number of rotatable bonds is 2. The molecule has 2 heteroatoms. The van der Waals surface area contributed by atoms with Gasteiger partial charge in [-0.2, -0.15) is 0 Å². The zero-order valence-electron chi connectivity index (χ0n) is 9.39. The van der Waals surface area contributed by atoms with Gasteiger partial charge in [0.05, 0.1) is 0 Å². The van der Waals surface area contributed by atoms with Gasteiger partial charge in [0, 0.05) is 19.1 Å². The molecule has 82 valence electrons. The summed E-state index contributed by atoms with van der Waals surface area (Å²) in [5.74, 6) is 0.678. The van der Waals surface area contributed by atoms with Crippen LogP contribution in [0.1, 0.15) is 18.9 Å². The predicted octanol–water partition coefficient (Wildman–Crippen LogP) is 1.86. The molecular formula is C13H20N2. The van der Waals surface area contributed by atoms with Crippen LogP contribution in [0, 0.1) is 5.92 Å². The van der Waals surface area contributed by atoms with E-state index in [-0.39, 0.29) is 0 Å². The molecular weight excluding hydrogens is 184 g/mol. The highest BCUT2D eigenvalue weighted by Crippen LogP contribution is 2.17. The Morgan fingerprint density at radius 1 is 1.33 bits per heavy atom. The van der Waals surface area contributed by atoms with Crippen molar-refractivity contribution in [3.8, 4) is 0 Å². The van der Waals surface area contributed by atoms with E-state index in [4.69, 9.17) is 5.73 Å². The molecule has 2 N–H and O–H groups in total. The number of hydrogen-bond donors (Lipinski definition) is 1. The molecule has 2 nitrogen and oxygen atoms in total. The van der Waals surface area contributed by atoms with Crippen molar-refractivity contribution in [2.75, 3.05) is 13.1 Å². The minimum absolute atomic E-state index is 0.350. The van der Waals surface area contributed by atoms with Crippen LogP contribution in [-0.2, 0) is 6.54 Å². The quantitative estimate of drug-likeness (QED) is 0.796. The van der Waals surface area contributed by atoms with Crippen LogP contribution in [0.15, 0.2) is 30.3 Å². The molecule has 1 fully saturated rings. The SMILES string of the molecule is C[C@H]1CCN(Cc2ccccc2)C[C@@H]1N. The number of nitrogens with two attached hydrogens (primary N) is 1. The van der Waals surface area contributed by atoms with Gasteiger partial charge in [-0.15, -0.1) is 0 Å². The number of piperidine rings is 1. The monoisotopic (exact) mass is 204 g/mol. The maximum absolute atomic E-state index is 6.08. The van der Waals surface area contributed by atoms with E-state index < -0.39 is 0 Å². The Hall–Kier alpha value is -0.860. The molecule has 1 aliphatic rings. The molecule has 2 atom stereocenters. The van der Waals surface area contributed by atoms with Crippen molar-refractivity contribution in [2.45, 2.75) is 25.9 Å². The summed E-state index contributed by atoms with van der Waals surface area (Å²) < 4.78 is 0. The van der Waals surface area contributed by atoms with E-state index in [9.17, 15) is 0 Å². The van der Waals surface area contributed by atoms with Crippen LogP contribution in [0.4, 0.5) is 0 Å². The second kappa shape index (κ2) is 4.77. The van der Waals surface area contributed by atoms with Crippen molar-refractivity contribution < 1.29 is 0 Å². The molecule has 1 aliphatic heterocycles. The molecule has 0 unspecified atom stereocenters. The molecule has 1 heterocycles. The van der Waals surface area contributed by atoms with Gasteiger partial charge in [-0.3, -0.25) is 4.90 Å². The molecule has 15 heavy (non-hydrogen) atoms. The standard InChI is InChI=1S/C13H20N2/c1-11-7-8-15(10-13(11)14)9-12-5-3-2-4-6-12/h2-6,11,13H,7-10,14H2,1H3/t11-,13-/m0/s1. The highest BCUT2D eigenvalue weighted by molar-refractivity contribution is 5.14. The fraction of sp³-hybridized carbons (Fsp3) is 0.538. The molecule has 0 aromatic heterocycles. The fourth-order valence-corrected chi connectivity index (χ4v) is 2.15. The highest BCUT2D eigenvalue weighted by Gasteiger charge is 2.22. The first-order chi connectivity index (χ1) is 7.25. The zero-order valence-corrected chi connectivity index (χ0v) is 9.39. The lowest BCUT2D eigenvalue weighted by atomic mass is 9.94. The van der Waals surface area contributed by atoms with E-state index in [0.29, 0.717) is 12.0 Å². The molecule has 0 spiro atoms. The summed E-state index contributed by atoms with van der Waals surface area (Å²) in [6.07, 6.45) is 1.23. The lowest BCUT2D eigenvalue weighted by Crippen LogP contribution is -2.47. The van der Waals surface area contributed by atoms with Gasteiger partial charge < -0.3 is 5.73 Å². The third-order valence-electron chi connectivity index (χ3n) is 3.35. The average molecular weight is 204 g/mol. The van der Waals surface area contributed by atoms with Gasteiger partial charge in [0.1, 0.15) is 0 Å². The highest BCUT2D eigenvalue weighted by atomic mass is 15.1. The average Bonchev–Trinajstić information content (AvgIpc) is 2.25. The second-order valence-electron chi connectivity index (χ2n) is 4.65. The molecule has 0 saturated carbocycles. The predicted molar refractivity (Wildman–Crippen MR) is 63.5 cm³/mol. The van der Waals surface area contributed by atoms with E-state index in [1.54, 1.807) is 0 Å². The third kappa shape index (κ3) is 2.80. The Kier molecular flexibility index (Phi) is 3.39. The maximum Gasteiger partial charge on any atom is 0.0234 e. The molecule has 1 aromatic carbocycles. The molecule has 2 rings (SSSR count). The third-order valence-corrected chi connectivity index (χ3v) is 3.35. The minimum Gasteiger partial charge on any atom is -0.326 e. The van der Waals surface area contributed by atoms with E-state index in [0.717, 1.165) is 13.1 Å². The van der Waals surface area contributed by atoms with Crippen molar-refractivity contribution in [3.05, 3.63) is 35.9 Å². The lowest BCUT2D eigenvalue weighted by molar-refractivity contribution is 0.162. The smallest absolute Gasteiger partial charge is 0.0234 e. The van der Waals surface area contributed by atoms with Crippen molar-refractivity contribution in [1.29, 1.82) is 0 Å². The first kappa shape index (κ1) is 10.7. The van der Waals surface area contributed by atoms with Gasteiger partial charge in [-0.05, 0) is 24.4 Å². The number of nitrogens with zero attached hydrogens (tertiary/aromatic N) is 1. The summed E-state index contributed by atoms with van der Waals surface area (Å²) >= 11 is 0. The molecule has 0 radical (unpaired) electrons. The van der Waals surface area contributed by atoms with E-state index in [1.165, 1.54) is 18.5 Å². The van der Waals surface area contributed by atoms with Crippen molar-refractivity contribution >= 4 is 0 Å². The second-order valence-corrected chi connectivity index (χ2v) is 4.65. The van der Waals surface area contributed by atoms with Crippen LogP contribution in [0.5, 0.6) is 0 Å². The summed E-state index contributed by atoms with van der Waals surface area (Å²) in [5.41, 5.74) is 7.47. The van der Waals surface area contributed by atoms with E-state index in [1.807, 2.05) is 0 Å². The first-order valence-electron chi connectivity index (χ1n) is 5.77. The summed E-state index contributed by atoms with van der Waals surface area (Å²) in [5, 5.41) is 0. The molecule has 0 bridgehead atoms. The maximum atomic E-state index is 6.08. The fourth-order valence-electron chi connectivity index (χ4n) is 2.15. The Labute approximate surface area is 92.1 Å². The Morgan fingerprint density at radius 3 is 2.73 bits per heavy atom. The Morgan fingerprint density at radius 2 is 2.07 bits per heavy atom. The minimum atomic E-state index is 0.350. The lowest BCUT2D eigenvalue weighted by Gasteiger charge is -2.35. The van der Waals surface area contributed by atoms with Gasteiger partial charge in [0.15, 0.2) is 0 Å². The summed E-state index contributed by atoms with van der Waals surface area (Å²) in [4.78, 5) is 2.46. The number of benzene rings is 1. The summed E-state index contributed by atoms with van der Waals surface area (Å²) in [7, 11) is 0. The van der Waals surface area contributed by atoms with Crippen molar-refractivity contribution in [2.24, 2.45) is 11.7 Å². The van der Waals surface area contributed by atoms with Crippen LogP contribution < -0.4 is 5.73 Å². The Balaban J connectivity index is 1.91. The molecule has 1 aromatic rings. The van der Waals surface area contributed by atoms with Gasteiger partial charge in [0.2, 0.25) is 0 Å². The van der Waals surface area contributed by atoms with Gasteiger partial charge in [0.25, 0.3) is 0 Å². The molecule has 0 amide bonds. The summed E-state index contributed by atoms with van der Waals surface area (Å²) in [6.45, 7) is 5.52. The van der Waals surface area contributed by atoms with Crippen molar-refractivity contribution in [3.63, 3.8) is 0 Å². The van der Waals surface area contributed by atoms with Crippen LogP contribution in [0.2, 0.25) is 0 Å². The normalized spacial score (nSPS) is 27.9. The zero-order chi connectivity index (χ0) is 10.7. The summed E-state index contributed by atoms with van der Waals surface area (Å²) in [6, 6.07) is 11.0. The van der Waals surface area contributed by atoms with Gasteiger partial charge in [-0.25, -0.2) is 0 Å². The van der Waals surface area contributed by atoms with Crippen LogP contribution in [-0.4, -0.2) is 24.0 Å². The van der Waals surface area contributed by atoms with Gasteiger partial charge in [-0.1, -0.05) is 37.3 Å². The first-order valence-corrected chi connectivity index (χ1v) is 5.77. The largest absolute Gasteiger partial charge is 0.326 e. The number of likely N-dealkylation sites (tertiary alicyclic amines) is 1. The molecule has 1 saturated heterocycles. The number of hydrogen-bond acceptors (Lipinski definition) is 2. The molecule has 0 aliphatic carbocycles. The van der Waals surface area contributed by atoms with Crippen LogP contribution >= 0.6 is 0 Å². The Bertz CT molecular complexity index is 297. The van der Waals surface area contributed by atoms with E-state index >= 15 is 0 Å². The van der Waals surface area contributed by atoms with E-state index in [2.05, 4.69) is 42.2 Å². The van der Waals surface area contributed by atoms with Crippen molar-refractivity contribution in [1.82, 2.24) is 4.90 Å².